The number of benzene rings is 1. The fraction of sp³-hybridized carbons (Fsp3) is 0.467. The van der Waals surface area contributed by atoms with Gasteiger partial charge in [0, 0.05) is 12.6 Å². The van der Waals surface area contributed by atoms with Crippen molar-refractivity contribution in [3.63, 3.8) is 0 Å². The Morgan fingerprint density at radius 3 is 2.65 bits per heavy atom. The van der Waals surface area contributed by atoms with Gasteiger partial charge in [0.2, 0.25) is 0 Å². The van der Waals surface area contributed by atoms with Crippen LogP contribution in [0.3, 0.4) is 0 Å². The minimum absolute atomic E-state index is 0.701. The third kappa shape index (κ3) is 4.33. The summed E-state index contributed by atoms with van der Waals surface area (Å²) in [6.07, 6.45) is 6.95. The smallest absolute Gasteiger partial charge is 0.0140 e. The van der Waals surface area contributed by atoms with Crippen LogP contribution in [0.15, 0.2) is 36.4 Å². The van der Waals surface area contributed by atoms with Gasteiger partial charge in [-0.2, -0.15) is 0 Å². The van der Waals surface area contributed by atoms with Crippen LogP contribution in [-0.4, -0.2) is 37.6 Å². The quantitative estimate of drug-likeness (QED) is 0.854. The summed E-state index contributed by atoms with van der Waals surface area (Å²) in [4.78, 5) is 2.40. The van der Waals surface area contributed by atoms with Crippen molar-refractivity contribution in [2.24, 2.45) is 0 Å². The zero-order chi connectivity index (χ0) is 11.9. The van der Waals surface area contributed by atoms with Crippen LogP contribution >= 0.6 is 0 Å². The molecule has 17 heavy (non-hydrogen) atoms. The van der Waals surface area contributed by atoms with E-state index in [1.807, 2.05) is 6.07 Å². The van der Waals surface area contributed by atoms with Gasteiger partial charge in [-0.05, 0) is 38.5 Å². The molecule has 1 N–H and O–H groups in total. The molecule has 1 fully saturated rings. The summed E-state index contributed by atoms with van der Waals surface area (Å²) in [5.74, 6) is 0. The highest BCUT2D eigenvalue weighted by Crippen LogP contribution is 2.07. The van der Waals surface area contributed by atoms with E-state index in [0.29, 0.717) is 6.04 Å². The van der Waals surface area contributed by atoms with Crippen LogP contribution < -0.4 is 5.32 Å². The molecule has 2 rings (SSSR count). The Morgan fingerprint density at radius 2 is 1.94 bits per heavy atom. The van der Waals surface area contributed by atoms with Gasteiger partial charge in [0.1, 0.15) is 0 Å². The van der Waals surface area contributed by atoms with E-state index in [-0.39, 0.29) is 0 Å². The highest BCUT2D eigenvalue weighted by atomic mass is 15.1. The summed E-state index contributed by atoms with van der Waals surface area (Å²) in [6, 6.07) is 11.2. The van der Waals surface area contributed by atoms with Crippen molar-refractivity contribution in [1.82, 2.24) is 10.2 Å². The summed E-state index contributed by atoms with van der Waals surface area (Å²) in [5, 5.41) is 3.60. The summed E-state index contributed by atoms with van der Waals surface area (Å²) >= 11 is 0. The lowest BCUT2D eigenvalue weighted by atomic mass is 10.1. The number of nitrogens with zero attached hydrogens (tertiary/aromatic N) is 1. The topological polar surface area (TPSA) is 15.3 Å². The average Bonchev–Trinajstić information content (AvgIpc) is 2.38. The van der Waals surface area contributed by atoms with Crippen molar-refractivity contribution in [3.8, 4) is 0 Å². The molecule has 0 saturated carbocycles. The second-order valence-corrected chi connectivity index (χ2v) is 4.80. The Balaban J connectivity index is 1.68. The molecular formula is C15H22N2. The molecule has 1 aliphatic heterocycles. The molecule has 0 spiro atoms. The fourth-order valence-electron chi connectivity index (χ4n) is 2.21. The second-order valence-electron chi connectivity index (χ2n) is 4.80. The predicted octanol–water partition coefficient (Wildman–Crippen LogP) is 2.38. The number of hydrogen-bond acceptors (Lipinski definition) is 2. The fourth-order valence-corrected chi connectivity index (χ4v) is 2.21. The van der Waals surface area contributed by atoms with Gasteiger partial charge < -0.3 is 10.2 Å². The Bertz CT molecular complexity index is 337. The number of likely N-dealkylation sites (tertiary alicyclic amines) is 1. The number of rotatable bonds is 4. The van der Waals surface area contributed by atoms with Crippen LogP contribution in [0.1, 0.15) is 18.4 Å². The highest BCUT2D eigenvalue weighted by Gasteiger charge is 2.14. The van der Waals surface area contributed by atoms with Crippen molar-refractivity contribution in [1.29, 1.82) is 0 Å². The van der Waals surface area contributed by atoms with Gasteiger partial charge in [-0.15, -0.1) is 0 Å². The molecule has 0 bridgehead atoms. The maximum absolute atomic E-state index is 3.60. The average molecular weight is 230 g/mol. The van der Waals surface area contributed by atoms with Crippen molar-refractivity contribution in [2.75, 3.05) is 26.7 Å². The molecule has 0 aromatic heterocycles. The Morgan fingerprint density at radius 1 is 1.24 bits per heavy atom. The van der Waals surface area contributed by atoms with E-state index < -0.39 is 0 Å². The van der Waals surface area contributed by atoms with Crippen LogP contribution in [0.4, 0.5) is 0 Å². The molecule has 1 aromatic rings. The Hall–Kier alpha value is -1.12. The molecule has 0 atom stereocenters. The number of piperidine rings is 1. The highest BCUT2D eigenvalue weighted by molar-refractivity contribution is 5.48. The molecule has 0 amide bonds. The lowest BCUT2D eigenvalue weighted by molar-refractivity contribution is 0.238. The van der Waals surface area contributed by atoms with Gasteiger partial charge in [-0.25, -0.2) is 0 Å². The van der Waals surface area contributed by atoms with Crippen LogP contribution in [0.25, 0.3) is 6.08 Å². The molecule has 1 heterocycles. The first-order valence-corrected chi connectivity index (χ1v) is 6.48. The van der Waals surface area contributed by atoms with E-state index in [4.69, 9.17) is 0 Å². The molecule has 0 aliphatic carbocycles. The zero-order valence-corrected chi connectivity index (χ0v) is 10.6. The standard InChI is InChI=1S/C15H22N2/c1-17-12-9-15(10-13-17)16-11-5-8-14-6-3-2-4-7-14/h2-8,15-16H,9-13H2,1H3. The third-order valence-corrected chi connectivity index (χ3v) is 3.35. The maximum atomic E-state index is 3.60. The van der Waals surface area contributed by atoms with E-state index in [9.17, 15) is 0 Å². The van der Waals surface area contributed by atoms with Crippen molar-refractivity contribution < 1.29 is 0 Å². The molecular weight excluding hydrogens is 208 g/mol. The minimum Gasteiger partial charge on any atom is -0.310 e. The molecule has 1 aliphatic rings. The Labute approximate surface area is 104 Å². The molecule has 92 valence electrons. The third-order valence-electron chi connectivity index (χ3n) is 3.35. The lowest BCUT2D eigenvalue weighted by Gasteiger charge is -2.29. The summed E-state index contributed by atoms with van der Waals surface area (Å²) < 4.78 is 0. The molecule has 1 saturated heterocycles. The van der Waals surface area contributed by atoms with Crippen LogP contribution in [0.2, 0.25) is 0 Å². The zero-order valence-electron chi connectivity index (χ0n) is 10.6. The van der Waals surface area contributed by atoms with Crippen molar-refractivity contribution >= 4 is 6.08 Å². The van der Waals surface area contributed by atoms with E-state index in [1.54, 1.807) is 0 Å². The Kier molecular flexibility index (Phi) is 4.77. The molecule has 2 nitrogen and oxygen atoms in total. The first-order chi connectivity index (χ1) is 8.34. The van der Waals surface area contributed by atoms with Crippen LogP contribution in [0, 0.1) is 0 Å². The maximum Gasteiger partial charge on any atom is 0.0140 e. The van der Waals surface area contributed by atoms with Crippen molar-refractivity contribution in [2.45, 2.75) is 18.9 Å². The van der Waals surface area contributed by atoms with Gasteiger partial charge in [0.15, 0.2) is 0 Å². The van der Waals surface area contributed by atoms with Crippen LogP contribution in [0.5, 0.6) is 0 Å². The molecule has 1 aromatic carbocycles. The van der Waals surface area contributed by atoms with E-state index in [1.165, 1.54) is 31.5 Å². The summed E-state index contributed by atoms with van der Waals surface area (Å²) in [6.45, 7) is 3.42. The number of hydrogen-bond donors (Lipinski definition) is 1. The molecule has 2 heteroatoms. The van der Waals surface area contributed by atoms with Gasteiger partial charge in [0.25, 0.3) is 0 Å². The largest absolute Gasteiger partial charge is 0.310 e. The van der Waals surface area contributed by atoms with Gasteiger partial charge in [0.05, 0.1) is 0 Å². The van der Waals surface area contributed by atoms with E-state index in [2.05, 4.69) is 53.7 Å². The SMILES string of the molecule is CN1CCC(NCC=Cc2ccccc2)CC1. The van der Waals surface area contributed by atoms with Crippen molar-refractivity contribution in [3.05, 3.63) is 42.0 Å². The summed E-state index contributed by atoms with van der Waals surface area (Å²) in [7, 11) is 2.20. The predicted molar refractivity (Wildman–Crippen MR) is 74.0 cm³/mol. The normalized spacial score (nSPS) is 18.9. The van der Waals surface area contributed by atoms with Crippen LogP contribution in [-0.2, 0) is 0 Å². The van der Waals surface area contributed by atoms with E-state index in [0.717, 1.165) is 6.54 Å². The second kappa shape index (κ2) is 6.58. The lowest BCUT2D eigenvalue weighted by Crippen LogP contribution is -2.40. The molecule has 0 unspecified atom stereocenters. The number of nitrogens with one attached hydrogen (secondary N) is 1. The monoisotopic (exact) mass is 230 g/mol. The first-order valence-electron chi connectivity index (χ1n) is 6.48. The van der Waals surface area contributed by atoms with Gasteiger partial charge in [-0.3, -0.25) is 0 Å². The first kappa shape index (κ1) is 12.3. The molecule has 0 radical (unpaired) electrons. The van der Waals surface area contributed by atoms with E-state index >= 15 is 0 Å². The minimum atomic E-state index is 0.701. The van der Waals surface area contributed by atoms with Gasteiger partial charge in [-0.1, -0.05) is 42.5 Å². The van der Waals surface area contributed by atoms with Gasteiger partial charge >= 0.3 is 0 Å². The summed E-state index contributed by atoms with van der Waals surface area (Å²) in [5.41, 5.74) is 1.28.